The van der Waals surface area contributed by atoms with Crippen LogP contribution in [-0.2, 0) is 10.2 Å². The number of hydrogen-bond acceptors (Lipinski definition) is 3. The molecule has 0 bridgehead atoms. The summed E-state index contributed by atoms with van der Waals surface area (Å²) in [4.78, 5) is 4.04. The third-order valence-corrected chi connectivity index (χ3v) is 3.27. The van der Waals surface area contributed by atoms with Crippen molar-refractivity contribution in [3.8, 4) is 0 Å². The summed E-state index contributed by atoms with van der Waals surface area (Å²) in [6.07, 6.45) is 4.77. The van der Waals surface area contributed by atoms with Crippen LogP contribution in [0.3, 0.4) is 0 Å². The Labute approximate surface area is 90.7 Å². The zero-order chi connectivity index (χ0) is 10.7. The Morgan fingerprint density at radius 2 is 2.13 bits per heavy atom. The van der Waals surface area contributed by atoms with Gasteiger partial charge in [0, 0.05) is 30.3 Å². The van der Waals surface area contributed by atoms with Crippen molar-refractivity contribution in [1.29, 1.82) is 0 Å². The Morgan fingerprint density at radius 3 is 2.60 bits per heavy atom. The van der Waals surface area contributed by atoms with Crippen molar-refractivity contribution in [3.05, 3.63) is 30.1 Å². The Bertz CT molecular complexity index is 311. The smallest absolute Gasteiger partial charge is 0.0516 e. The Hall–Kier alpha value is -0.930. The van der Waals surface area contributed by atoms with Crippen LogP contribution >= 0.6 is 0 Å². The van der Waals surface area contributed by atoms with E-state index in [1.165, 1.54) is 5.56 Å². The fraction of sp³-hybridized carbons (Fsp3) is 0.583. The molecule has 15 heavy (non-hydrogen) atoms. The molecule has 0 aliphatic carbocycles. The van der Waals surface area contributed by atoms with Crippen molar-refractivity contribution in [2.45, 2.75) is 18.8 Å². The fourth-order valence-electron chi connectivity index (χ4n) is 2.11. The molecule has 0 aromatic carbocycles. The van der Waals surface area contributed by atoms with Gasteiger partial charge in [-0.2, -0.15) is 0 Å². The van der Waals surface area contributed by atoms with Gasteiger partial charge in [0.2, 0.25) is 0 Å². The van der Waals surface area contributed by atoms with Crippen LogP contribution in [0.1, 0.15) is 18.9 Å². The van der Waals surface area contributed by atoms with E-state index in [2.05, 4.69) is 24.0 Å². The lowest BCUT2D eigenvalue weighted by atomic mass is 9.75. The van der Waals surface area contributed by atoms with Crippen LogP contribution in [0.15, 0.2) is 24.5 Å². The predicted octanol–water partition coefficient (Wildman–Crippen LogP) is 1.33. The average molecular weight is 206 g/mol. The van der Waals surface area contributed by atoms with Gasteiger partial charge in [-0.15, -0.1) is 0 Å². The summed E-state index contributed by atoms with van der Waals surface area (Å²) in [6, 6.07) is 4.12. The van der Waals surface area contributed by atoms with Crippen molar-refractivity contribution in [2.75, 3.05) is 19.8 Å². The van der Waals surface area contributed by atoms with Gasteiger partial charge in [0.05, 0.1) is 13.2 Å². The molecule has 0 saturated carbocycles. The zero-order valence-electron chi connectivity index (χ0n) is 9.15. The second-order valence-electron chi connectivity index (χ2n) is 4.61. The lowest BCUT2D eigenvalue weighted by molar-refractivity contribution is -0.0441. The molecule has 1 aliphatic heterocycles. The number of rotatable bonds is 4. The number of nitrogens with two attached hydrogens (primary N) is 1. The first-order valence-corrected chi connectivity index (χ1v) is 5.43. The topological polar surface area (TPSA) is 48.1 Å². The Kier molecular flexibility index (Phi) is 3.03. The standard InChI is InChI=1S/C12H18N2O/c1-12(9-13,6-10-7-15-8-10)11-2-4-14-5-3-11/h2-5,10H,6-9,13H2,1H3. The normalized spacial score (nSPS) is 20.7. The lowest BCUT2D eigenvalue weighted by Gasteiger charge is -2.36. The summed E-state index contributed by atoms with van der Waals surface area (Å²) >= 11 is 0. The quantitative estimate of drug-likeness (QED) is 0.808. The summed E-state index contributed by atoms with van der Waals surface area (Å²) in [6.45, 7) is 4.68. The molecule has 1 fully saturated rings. The largest absolute Gasteiger partial charge is 0.381 e. The molecule has 1 saturated heterocycles. The third-order valence-electron chi connectivity index (χ3n) is 3.27. The number of ether oxygens (including phenoxy) is 1. The Morgan fingerprint density at radius 1 is 1.47 bits per heavy atom. The molecule has 3 heteroatoms. The Balaban J connectivity index is 2.12. The summed E-state index contributed by atoms with van der Waals surface area (Å²) in [5.41, 5.74) is 7.26. The van der Waals surface area contributed by atoms with E-state index < -0.39 is 0 Å². The molecule has 1 aromatic rings. The summed E-state index contributed by atoms with van der Waals surface area (Å²) in [5.74, 6) is 0.673. The number of aromatic nitrogens is 1. The average Bonchev–Trinajstić information content (AvgIpc) is 2.24. The molecule has 0 amide bonds. The van der Waals surface area contributed by atoms with Crippen LogP contribution in [0.5, 0.6) is 0 Å². The van der Waals surface area contributed by atoms with E-state index in [1.54, 1.807) is 0 Å². The van der Waals surface area contributed by atoms with E-state index in [1.807, 2.05) is 12.4 Å². The van der Waals surface area contributed by atoms with Crippen LogP contribution in [0, 0.1) is 5.92 Å². The van der Waals surface area contributed by atoms with E-state index >= 15 is 0 Å². The van der Waals surface area contributed by atoms with Crippen LogP contribution < -0.4 is 5.73 Å². The summed E-state index contributed by atoms with van der Waals surface area (Å²) < 4.78 is 5.21. The van der Waals surface area contributed by atoms with Gasteiger partial charge in [-0.25, -0.2) is 0 Å². The van der Waals surface area contributed by atoms with E-state index in [0.717, 1.165) is 19.6 Å². The van der Waals surface area contributed by atoms with Gasteiger partial charge in [0.1, 0.15) is 0 Å². The van der Waals surface area contributed by atoms with E-state index in [4.69, 9.17) is 10.5 Å². The molecule has 1 atom stereocenters. The predicted molar refractivity (Wildman–Crippen MR) is 59.6 cm³/mol. The minimum atomic E-state index is 0.0669. The monoisotopic (exact) mass is 206 g/mol. The molecule has 1 aliphatic rings. The minimum absolute atomic E-state index is 0.0669. The first-order valence-electron chi connectivity index (χ1n) is 5.43. The number of pyridine rings is 1. The van der Waals surface area contributed by atoms with Gasteiger partial charge in [0.15, 0.2) is 0 Å². The second kappa shape index (κ2) is 4.29. The van der Waals surface area contributed by atoms with E-state index in [-0.39, 0.29) is 5.41 Å². The molecule has 3 nitrogen and oxygen atoms in total. The van der Waals surface area contributed by atoms with Crippen LogP contribution in [0.4, 0.5) is 0 Å². The first-order chi connectivity index (χ1) is 7.24. The van der Waals surface area contributed by atoms with E-state index in [0.29, 0.717) is 12.5 Å². The first kappa shape index (κ1) is 10.6. The molecular formula is C12H18N2O. The zero-order valence-corrected chi connectivity index (χ0v) is 9.15. The molecule has 2 rings (SSSR count). The molecule has 1 aromatic heterocycles. The molecule has 2 N–H and O–H groups in total. The molecule has 2 heterocycles. The number of nitrogens with zero attached hydrogens (tertiary/aromatic N) is 1. The SMILES string of the molecule is CC(CN)(CC1COC1)c1ccncc1. The van der Waals surface area contributed by atoms with Crippen molar-refractivity contribution in [2.24, 2.45) is 11.7 Å². The third kappa shape index (κ3) is 2.19. The number of hydrogen-bond donors (Lipinski definition) is 1. The molecule has 0 radical (unpaired) electrons. The minimum Gasteiger partial charge on any atom is -0.381 e. The highest BCUT2D eigenvalue weighted by Crippen LogP contribution is 2.32. The summed E-state index contributed by atoms with van der Waals surface area (Å²) in [7, 11) is 0. The molecule has 0 spiro atoms. The molecular weight excluding hydrogens is 188 g/mol. The van der Waals surface area contributed by atoms with Crippen molar-refractivity contribution >= 4 is 0 Å². The summed E-state index contributed by atoms with van der Waals surface area (Å²) in [5, 5.41) is 0. The maximum Gasteiger partial charge on any atom is 0.0516 e. The maximum absolute atomic E-state index is 5.90. The maximum atomic E-state index is 5.90. The molecule has 82 valence electrons. The van der Waals surface area contributed by atoms with Gasteiger partial charge in [-0.05, 0) is 24.1 Å². The van der Waals surface area contributed by atoms with Crippen molar-refractivity contribution in [3.63, 3.8) is 0 Å². The van der Waals surface area contributed by atoms with Crippen LogP contribution in [-0.4, -0.2) is 24.7 Å². The lowest BCUT2D eigenvalue weighted by Crippen LogP contribution is -2.39. The van der Waals surface area contributed by atoms with Gasteiger partial charge in [-0.1, -0.05) is 6.92 Å². The fourth-order valence-corrected chi connectivity index (χ4v) is 2.11. The second-order valence-corrected chi connectivity index (χ2v) is 4.61. The van der Waals surface area contributed by atoms with Crippen molar-refractivity contribution < 1.29 is 4.74 Å². The van der Waals surface area contributed by atoms with Crippen LogP contribution in [0.2, 0.25) is 0 Å². The highest BCUT2D eigenvalue weighted by molar-refractivity contribution is 5.22. The van der Waals surface area contributed by atoms with E-state index in [9.17, 15) is 0 Å². The highest BCUT2D eigenvalue weighted by atomic mass is 16.5. The van der Waals surface area contributed by atoms with Gasteiger partial charge >= 0.3 is 0 Å². The highest BCUT2D eigenvalue weighted by Gasteiger charge is 2.31. The van der Waals surface area contributed by atoms with Crippen LogP contribution in [0.25, 0.3) is 0 Å². The van der Waals surface area contributed by atoms with Gasteiger partial charge < -0.3 is 10.5 Å². The van der Waals surface area contributed by atoms with Crippen molar-refractivity contribution in [1.82, 2.24) is 4.98 Å². The van der Waals surface area contributed by atoms with Gasteiger partial charge in [-0.3, -0.25) is 4.98 Å². The molecule has 1 unspecified atom stereocenters. The van der Waals surface area contributed by atoms with Gasteiger partial charge in [0.25, 0.3) is 0 Å².